The molecule has 0 unspecified atom stereocenters. The van der Waals surface area contributed by atoms with Gasteiger partial charge < -0.3 is 9.15 Å². The summed E-state index contributed by atoms with van der Waals surface area (Å²) in [6, 6.07) is 14.7. The molecule has 0 radical (unpaired) electrons. The average Bonchev–Trinajstić information content (AvgIpc) is 3.19. The van der Waals surface area contributed by atoms with Crippen molar-refractivity contribution >= 4 is 51.0 Å². The third kappa shape index (κ3) is 6.03. The van der Waals surface area contributed by atoms with E-state index in [-0.39, 0.29) is 0 Å². The molecule has 32 heavy (non-hydrogen) atoms. The Balaban J connectivity index is 1.67. The minimum absolute atomic E-state index is 0.293. The number of hydrogen-bond acceptors (Lipinski definition) is 6. The van der Waals surface area contributed by atoms with Crippen molar-refractivity contribution in [3.05, 3.63) is 70.4 Å². The Labute approximate surface area is 195 Å². The van der Waals surface area contributed by atoms with E-state index in [9.17, 15) is 13.2 Å². The van der Waals surface area contributed by atoms with Crippen molar-refractivity contribution in [2.24, 2.45) is 5.10 Å². The molecule has 0 fully saturated rings. The number of anilines is 1. The Morgan fingerprint density at radius 2 is 1.97 bits per heavy atom. The molecule has 2 aromatic carbocycles. The lowest BCUT2D eigenvalue weighted by atomic mass is 10.2. The number of sulfonamides is 1. The zero-order chi connectivity index (χ0) is 23.3. The van der Waals surface area contributed by atoms with Crippen LogP contribution in [-0.4, -0.2) is 40.4 Å². The number of hydrazone groups is 1. The van der Waals surface area contributed by atoms with Crippen molar-refractivity contribution in [3.63, 3.8) is 0 Å². The summed E-state index contributed by atoms with van der Waals surface area (Å²) in [5, 5.41) is 4.77. The molecule has 0 aliphatic rings. The number of nitrogens with one attached hydrogen (secondary N) is 1. The lowest BCUT2D eigenvalue weighted by Crippen LogP contribution is -2.39. The van der Waals surface area contributed by atoms with Crippen LogP contribution in [0.25, 0.3) is 11.3 Å². The van der Waals surface area contributed by atoms with Gasteiger partial charge in [-0.15, -0.1) is 0 Å². The molecule has 1 amide bonds. The van der Waals surface area contributed by atoms with Gasteiger partial charge in [0.2, 0.25) is 10.0 Å². The van der Waals surface area contributed by atoms with Crippen LogP contribution in [0, 0.1) is 0 Å². The monoisotopic (exact) mass is 495 g/mol. The van der Waals surface area contributed by atoms with Gasteiger partial charge in [-0.2, -0.15) is 5.10 Å². The van der Waals surface area contributed by atoms with E-state index in [1.54, 1.807) is 48.5 Å². The number of carbonyl (C=O) groups excluding carboxylic acids is 1. The van der Waals surface area contributed by atoms with Crippen LogP contribution in [-0.2, 0) is 14.8 Å². The van der Waals surface area contributed by atoms with Crippen molar-refractivity contribution < 1.29 is 22.4 Å². The highest BCUT2D eigenvalue weighted by Gasteiger charge is 2.21. The lowest BCUT2D eigenvalue weighted by Gasteiger charge is -2.21. The SMILES string of the molecule is COc1cccc(N(CC(=O)N/N=C\c2ccc(-c3ccc(Cl)cc3Cl)o2)S(C)(=O)=O)c1. The van der Waals surface area contributed by atoms with E-state index in [1.165, 1.54) is 19.4 Å². The molecule has 0 bridgehead atoms. The molecule has 0 aliphatic carbocycles. The summed E-state index contributed by atoms with van der Waals surface area (Å²) in [4.78, 5) is 12.3. The number of rotatable bonds is 8. The third-order valence-corrected chi connectivity index (χ3v) is 5.92. The molecule has 1 heterocycles. The fraction of sp³-hybridized carbons (Fsp3) is 0.143. The number of nitrogens with zero attached hydrogens (tertiary/aromatic N) is 2. The molecular weight excluding hydrogens is 477 g/mol. The Hall–Kier alpha value is -3.01. The lowest BCUT2D eigenvalue weighted by molar-refractivity contribution is -0.119. The zero-order valence-corrected chi connectivity index (χ0v) is 19.4. The minimum atomic E-state index is -3.73. The number of furan rings is 1. The van der Waals surface area contributed by atoms with Crippen molar-refractivity contribution in [1.29, 1.82) is 0 Å². The second-order valence-electron chi connectivity index (χ2n) is 6.59. The molecule has 0 saturated heterocycles. The molecule has 1 aromatic heterocycles. The minimum Gasteiger partial charge on any atom is -0.497 e. The van der Waals surface area contributed by atoms with Crippen LogP contribution >= 0.6 is 23.2 Å². The fourth-order valence-electron chi connectivity index (χ4n) is 2.76. The quantitative estimate of drug-likeness (QED) is 0.373. The number of hydrogen-bond donors (Lipinski definition) is 1. The van der Waals surface area contributed by atoms with Gasteiger partial charge in [0, 0.05) is 16.7 Å². The highest BCUT2D eigenvalue weighted by Crippen LogP contribution is 2.31. The second kappa shape index (κ2) is 10.1. The number of carbonyl (C=O) groups is 1. The van der Waals surface area contributed by atoms with Crippen LogP contribution in [0.2, 0.25) is 10.0 Å². The van der Waals surface area contributed by atoms with Gasteiger partial charge in [0.05, 0.1) is 30.3 Å². The van der Waals surface area contributed by atoms with Gasteiger partial charge >= 0.3 is 0 Å². The van der Waals surface area contributed by atoms with Gasteiger partial charge in [0.15, 0.2) is 0 Å². The normalized spacial score (nSPS) is 11.5. The molecule has 3 aromatic rings. The standard InChI is InChI=1S/C21H19Cl2N3O5S/c1-30-16-5-3-4-15(11-16)26(32(2,28)29)13-21(27)25-24-12-17-7-9-20(31-17)18-8-6-14(22)10-19(18)23/h3-12H,13H2,1-2H3,(H,25,27)/b24-12-. The number of ether oxygens (including phenoxy) is 1. The van der Waals surface area contributed by atoms with Crippen molar-refractivity contribution in [3.8, 4) is 17.1 Å². The van der Waals surface area contributed by atoms with E-state index in [0.29, 0.717) is 38.6 Å². The summed E-state index contributed by atoms with van der Waals surface area (Å²) in [6.07, 6.45) is 2.30. The van der Waals surface area contributed by atoms with E-state index >= 15 is 0 Å². The third-order valence-electron chi connectivity index (χ3n) is 4.23. The molecule has 168 valence electrons. The molecule has 0 spiro atoms. The Morgan fingerprint density at radius 1 is 1.19 bits per heavy atom. The summed E-state index contributed by atoms with van der Waals surface area (Å²) in [6.45, 7) is -0.465. The maximum Gasteiger partial charge on any atom is 0.260 e. The Morgan fingerprint density at radius 3 is 2.66 bits per heavy atom. The van der Waals surface area contributed by atoms with Crippen LogP contribution in [0.15, 0.2) is 64.1 Å². The first-order valence-corrected chi connectivity index (χ1v) is 11.8. The van der Waals surface area contributed by atoms with Gasteiger partial charge in [0.1, 0.15) is 23.8 Å². The van der Waals surface area contributed by atoms with E-state index in [0.717, 1.165) is 10.6 Å². The van der Waals surface area contributed by atoms with Crippen LogP contribution in [0.4, 0.5) is 5.69 Å². The van der Waals surface area contributed by atoms with Crippen molar-refractivity contribution in [2.75, 3.05) is 24.2 Å². The van der Waals surface area contributed by atoms with Gasteiger partial charge in [-0.25, -0.2) is 13.8 Å². The fourth-order valence-corrected chi connectivity index (χ4v) is 4.11. The largest absolute Gasteiger partial charge is 0.497 e. The molecular formula is C21H19Cl2N3O5S. The van der Waals surface area contributed by atoms with E-state index < -0.39 is 22.5 Å². The van der Waals surface area contributed by atoms with Gasteiger partial charge in [-0.3, -0.25) is 9.10 Å². The highest BCUT2D eigenvalue weighted by atomic mass is 35.5. The van der Waals surface area contributed by atoms with Crippen molar-refractivity contribution in [2.45, 2.75) is 0 Å². The summed E-state index contributed by atoms with van der Waals surface area (Å²) in [5.41, 5.74) is 3.24. The van der Waals surface area contributed by atoms with Crippen LogP contribution in [0.5, 0.6) is 5.75 Å². The zero-order valence-electron chi connectivity index (χ0n) is 17.1. The molecule has 0 saturated carbocycles. The average molecular weight is 496 g/mol. The number of halogens is 2. The van der Waals surface area contributed by atoms with Gasteiger partial charge in [-0.1, -0.05) is 29.3 Å². The van der Waals surface area contributed by atoms with Crippen LogP contribution in [0.3, 0.4) is 0 Å². The van der Waals surface area contributed by atoms with Crippen LogP contribution in [0.1, 0.15) is 5.76 Å². The first-order valence-electron chi connectivity index (χ1n) is 9.16. The van der Waals surface area contributed by atoms with Crippen LogP contribution < -0.4 is 14.5 Å². The topological polar surface area (TPSA) is 101 Å². The summed E-state index contributed by atoms with van der Waals surface area (Å²) >= 11 is 12.1. The molecule has 1 N–H and O–H groups in total. The smallest absolute Gasteiger partial charge is 0.260 e. The second-order valence-corrected chi connectivity index (χ2v) is 9.34. The van der Waals surface area contributed by atoms with Gasteiger partial charge in [0.25, 0.3) is 5.91 Å². The van der Waals surface area contributed by atoms with E-state index in [4.69, 9.17) is 32.4 Å². The first-order chi connectivity index (χ1) is 15.2. The van der Waals surface area contributed by atoms with E-state index in [1.807, 2.05) is 0 Å². The van der Waals surface area contributed by atoms with E-state index in [2.05, 4.69) is 10.5 Å². The summed E-state index contributed by atoms with van der Waals surface area (Å²) in [5.74, 6) is 0.686. The predicted molar refractivity (Wildman–Crippen MR) is 125 cm³/mol. The molecule has 0 aliphatic heterocycles. The number of methoxy groups -OCH3 is 1. The molecule has 3 rings (SSSR count). The Kier molecular flexibility index (Phi) is 7.44. The van der Waals surface area contributed by atoms with Gasteiger partial charge in [-0.05, 0) is 42.5 Å². The summed E-state index contributed by atoms with van der Waals surface area (Å²) in [7, 11) is -2.26. The predicted octanol–water partition coefficient (Wildman–Crippen LogP) is 4.18. The highest BCUT2D eigenvalue weighted by molar-refractivity contribution is 7.92. The number of amides is 1. The Bertz CT molecular complexity index is 1260. The molecule has 11 heteroatoms. The maximum absolute atomic E-state index is 12.3. The maximum atomic E-state index is 12.3. The number of benzene rings is 2. The summed E-state index contributed by atoms with van der Waals surface area (Å²) < 4.78 is 36.1. The molecule has 8 nitrogen and oxygen atoms in total. The first kappa shape index (κ1) is 23.6. The molecule has 0 atom stereocenters. The van der Waals surface area contributed by atoms with Crippen molar-refractivity contribution in [1.82, 2.24) is 5.43 Å².